The largest absolute Gasteiger partial charge is 0.497 e. The van der Waals surface area contributed by atoms with Crippen LogP contribution in [0.25, 0.3) is 0 Å². The number of methoxy groups -OCH3 is 1. The summed E-state index contributed by atoms with van der Waals surface area (Å²) in [5, 5.41) is 0. The number of carbonyl (C=O) groups is 1. The van der Waals surface area contributed by atoms with Gasteiger partial charge in [0.1, 0.15) is 17.9 Å². The predicted octanol–water partition coefficient (Wildman–Crippen LogP) is 2.66. The van der Waals surface area contributed by atoms with E-state index >= 15 is 0 Å². The third kappa shape index (κ3) is 2.48. The summed E-state index contributed by atoms with van der Waals surface area (Å²) in [7, 11) is 1.57. The quantitative estimate of drug-likeness (QED) is 0.428. The predicted molar refractivity (Wildman–Crippen MR) is 87.0 cm³/mol. The van der Waals surface area contributed by atoms with Crippen LogP contribution >= 0.6 is 22.6 Å². The first kappa shape index (κ1) is 15.9. The first-order chi connectivity index (χ1) is 10.3. The first-order valence-electron chi connectivity index (χ1n) is 6.93. The molecule has 3 rings (SSSR count). The topological polar surface area (TPSA) is 48.0 Å². The molecule has 2 saturated heterocycles. The maximum absolute atomic E-state index is 14.7. The van der Waals surface area contributed by atoms with Crippen LogP contribution in [0.15, 0.2) is 24.3 Å². The van der Waals surface area contributed by atoms with E-state index in [-0.39, 0.29) is 6.61 Å². The monoisotopic (exact) mass is 421 g/mol. The van der Waals surface area contributed by atoms with Crippen LogP contribution in [-0.4, -0.2) is 41.2 Å². The molecule has 0 spiro atoms. The van der Waals surface area contributed by atoms with Crippen molar-refractivity contribution in [3.63, 3.8) is 0 Å². The molecule has 1 amide bonds. The Morgan fingerprint density at radius 1 is 1.36 bits per heavy atom. The number of hydrogen-bond acceptors (Lipinski definition) is 4. The number of hydrogen-bond donors (Lipinski definition) is 0. The van der Waals surface area contributed by atoms with Crippen molar-refractivity contribution in [3.8, 4) is 5.75 Å². The van der Waals surface area contributed by atoms with Gasteiger partial charge in [0.25, 0.3) is 9.58 Å². The van der Waals surface area contributed by atoms with Crippen LogP contribution in [0.5, 0.6) is 5.75 Å². The molecular weight excluding hydrogens is 404 g/mol. The smallest absolute Gasteiger partial charge is 0.277 e. The number of carbonyl (C=O) groups excluding carboxylic acids is 1. The normalized spacial score (nSPS) is 33.7. The lowest BCUT2D eigenvalue weighted by Crippen LogP contribution is -2.73. The molecule has 2 fully saturated rings. The highest BCUT2D eigenvalue weighted by Gasteiger charge is 2.65. The molecule has 2 heterocycles. The third-order valence-corrected chi connectivity index (χ3v) is 4.99. The average Bonchev–Trinajstić information content (AvgIpc) is 2.83. The molecule has 0 aromatic heterocycles. The van der Waals surface area contributed by atoms with Crippen molar-refractivity contribution < 1.29 is 23.4 Å². The Morgan fingerprint density at radius 2 is 2.00 bits per heavy atom. The van der Waals surface area contributed by atoms with Gasteiger partial charge in [-0.25, -0.2) is 4.39 Å². The molecule has 0 bridgehead atoms. The van der Waals surface area contributed by atoms with Crippen LogP contribution in [-0.2, 0) is 14.3 Å². The van der Waals surface area contributed by atoms with E-state index in [1.807, 2.05) is 0 Å². The van der Waals surface area contributed by atoms with Crippen molar-refractivity contribution in [2.45, 2.75) is 35.5 Å². The summed E-state index contributed by atoms with van der Waals surface area (Å²) in [5.74, 6) is -0.658. The van der Waals surface area contributed by atoms with Crippen LogP contribution in [0.1, 0.15) is 13.8 Å². The van der Waals surface area contributed by atoms with E-state index in [1.54, 1.807) is 67.8 Å². The lowest BCUT2D eigenvalue weighted by atomic mass is 9.93. The van der Waals surface area contributed by atoms with Gasteiger partial charge in [-0.1, -0.05) is 0 Å². The minimum atomic E-state index is -1.98. The molecule has 7 heteroatoms. The zero-order valence-electron chi connectivity index (χ0n) is 12.5. The lowest BCUT2D eigenvalue weighted by Gasteiger charge is -2.50. The molecule has 1 aromatic carbocycles. The van der Waals surface area contributed by atoms with Crippen molar-refractivity contribution in [2.75, 3.05) is 18.6 Å². The molecule has 0 radical (unpaired) electrons. The van der Waals surface area contributed by atoms with Gasteiger partial charge < -0.3 is 14.2 Å². The molecule has 22 heavy (non-hydrogen) atoms. The van der Waals surface area contributed by atoms with Crippen LogP contribution < -0.4 is 9.64 Å². The molecule has 2 aliphatic heterocycles. The number of alkyl halides is 2. The van der Waals surface area contributed by atoms with Crippen LogP contribution in [0.3, 0.4) is 0 Å². The van der Waals surface area contributed by atoms with Crippen molar-refractivity contribution in [1.29, 1.82) is 0 Å². The zero-order valence-corrected chi connectivity index (χ0v) is 14.7. The van der Waals surface area contributed by atoms with E-state index in [0.29, 0.717) is 11.4 Å². The van der Waals surface area contributed by atoms with E-state index in [2.05, 4.69) is 0 Å². The number of amides is 1. The lowest BCUT2D eigenvalue weighted by molar-refractivity contribution is -0.154. The molecule has 3 atom stereocenters. The van der Waals surface area contributed by atoms with Gasteiger partial charge in [-0.3, -0.25) is 9.69 Å². The second-order valence-electron chi connectivity index (χ2n) is 5.81. The van der Waals surface area contributed by atoms with Crippen molar-refractivity contribution in [2.24, 2.45) is 0 Å². The van der Waals surface area contributed by atoms with Crippen molar-refractivity contribution in [3.05, 3.63) is 24.3 Å². The summed E-state index contributed by atoms with van der Waals surface area (Å²) in [4.78, 5) is 13.6. The molecule has 0 aliphatic carbocycles. The van der Waals surface area contributed by atoms with Crippen LogP contribution in [0.2, 0.25) is 0 Å². The Balaban J connectivity index is 1.87. The number of benzene rings is 1. The maximum atomic E-state index is 14.7. The Bertz CT molecular complexity index is 590. The Kier molecular flexibility index (Phi) is 3.85. The molecule has 0 N–H and O–H groups in total. The first-order valence-corrected chi connectivity index (χ1v) is 8.01. The van der Waals surface area contributed by atoms with E-state index in [1.165, 1.54) is 4.90 Å². The Hall–Kier alpha value is -0.930. The Morgan fingerprint density at radius 3 is 2.50 bits per heavy atom. The van der Waals surface area contributed by atoms with Gasteiger partial charge in [0.15, 0.2) is 5.79 Å². The van der Waals surface area contributed by atoms with Gasteiger partial charge in [-0.2, -0.15) is 0 Å². The number of halogens is 2. The highest BCUT2D eigenvalue weighted by molar-refractivity contribution is 14.1. The summed E-state index contributed by atoms with van der Waals surface area (Å²) < 4.78 is 29.1. The maximum Gasteiger partial charge on any atom is 0.277 e. The second-order valence-corrected chi connectivity index (χ2v) is 7.38. The number of nitrogens with zero attached hydrogens (tertiary/aromatic N) is 1. The fraction of sp³-hybridized carbons (Fsp3) is 0.533. The van der Waals surface area contributed by atoms with Gasteiger partial charge in [-0.15, -0.1) is 0 Å². The molecular formula is C15H17FINO4. The second kappa shape index (κ2) is 5.31. The number of rotatable bonds is 3. The van der Waals surface area contributed by atoms with E-state index in [9.17, 15) is 9.18 Å². The minimum Gasteiger partial charge on any atom is -0.497 e. The SMILES string of the molecule is COc1ccc(N2C(=O)[C@@](F)(I)[C@@H]2[C@H]2COC(C)(C)O2)cc1. The van der Waals surface area contributed by atoms with Gasteiger partial charge in [0.2, 0.25) is 0 Å². The van der Waals surface area contributed by atoms with Crippen molar-refractivity contribution in [1.82, 2.24) is 0 Å². The molecule has 0 saturated carbocycles. The summed E-state index contributed by atoms with van der Waals surface area (Å²) in [6.45, 7) is 3.81. The van der Waals surface area contributed by atoms with Gasteiger partial charge >= 0.3 is 0 Å². The Labute approximate surface area is 141 Å². The fourth-order valence-corrected chi connectivity index (χ4v) is 3.74. The van der Waals surface area contributed by atoms with E-state index < -0.39 is 27.5 Å². The average molecular weight is 421 g/mol. The number of anilines is 1. The number of ether oxygens (including phenoxy) is 3. The summed E-state index contributed by atoms with van der Waals surface area (Å²) >= 11 is 1.55. The number of β-lactam (4-membered cyclic amide) rings is 1. The minimum absolute atomic E-state index is 0.256. The van der Waals surface area contributed by atoms with Gasteiger partial charge in [0.05, 0.1) is 13.7 Å². The molecule has 0 unspecified atom stereocenters. The van der Waals surface area contributed by atoms with Crippen molar-refractivity contribution >= 4 is 34.2 Å². The highest BCUT2D eigenvalue weighted by Crippen LogP contribution is 2.47. The standard InChI is InChI=1S/C15H17FINO4/c1-14(2)21-8-11(22-14)12-15(16,17)13(19)18(12)9-4-6-10(20-3)7-5-9/h4-7,11-12H,8H2,1-3H3/t11-,12+,15+/m1/s1. The third-order valence-electron chi connectivity index (χ3n) is 3.89. The van der Waals surface area contributed by atoms with Crippen LogP contribution in [0, 0.1) is 0 Å². The van der Waals surface area contributed by atoms with Crippen LogP contribution in [0.4, 0.5) is 10.1 Å². The molecule has 1 aromatic rings. The zero-order chi connectivity index (χ0) is 16.1. The summed E-state index contributed by atoms with van der Waals surface area (Å²) in [6.07, 6.45) is -0.503. The molecule has 120 valence electrons. The summed E-state index contributed by atoms with van der Waals surface area (Å²) in [5.41, 5.74) is 0.619. The van der Waals surface area contributed by atoms with E-state index in [4.69, 9.17) is 14.2 Å². The van der Waals surface area contributed by atoms with Gasteiger partial charge in [0, 0.05) is 5.69 Å². The summed E-state index contributed by atoms with van der Waals surface area (Å²) in [6, 6.07) is 6.23. The van der Waals surface area contributed by atoms with Gasteiger partial charge in [-0.05, 0) is 60.7 Å². The molecule has 2 aliphatic rings. The van der Waals surface area contributed by atoms with E-state index in [0.717, 1.165) is 0 Å². The molecule has 5 nitrogen and oxygen atoms in total. The highest BCUT2D eigenvalue weighted by atomic mass is 127. The fourth-order valence-electron chi connectivity index (χ4n) is 2.80.